The van der Waals surface area contributed by atoms with Crippen LogP contribution in [0, 0.1) is 5.82 Å². The number of benzene rings is 2. The smallest absolute Gasteiger partial charge is 0.123 e. The summed E-state index contributed by atoms with van der Waals surface area (Å²) >= 11 is 0. The van der Waals surface area contributed by atoms with Crippen LogP contribution in [0.2, 0.25) is 0 Å². The average molecular weight is 252 g/mol. The van der Waals surface area contributed by atoms with E-state index in [9.17, 15) is 4.39 Å². The van der Waals surface area contributed by atoms with Crippen LogP contribution in [-0.2, 0) is 6.42 Å². The predicted molar refractivity (Wildman–Crippen MR) is 79.5 cm³/mol. The van der Waals surface area contributed by atoms with Crippen LogP contribution in [0.4, 0.5) is 4.39 Å². The van der Waals surface area contributed by atoms with Gasteiger partial charge in [-0.15, -0.1) is 6.58 Å². The molecule has 2 aromatic carbocycles. The fourth-order valence-corrected chi connectivity index (χ4v) is 1.89. The first-order valence-corrected chi connectivity index (χ1v) is 6.40. The summed E-state index contributed by atoms with van der Waals surface area (Å²) in [6, 6.07) is 14.9. The number of allylic oxidation sites excluding steroid dienone is 3. The molecular formula is C18H17F. The normalized spacial score (nSPS) is 10.8. The van der Waals surface area contributed by atoms with Crippen LogP contribution in [0.3, 0.4) is 0 Å². The highest BCUT2D eigenvalue weighted by molar-refractivity contribution is 5.63. The Kier molecular flexibility index (Phi) is 4.68. The van der Waals surface area contributed by atoms with Crippen LogP contribution in [-0.4, -0.2) is 0 Å². The van der Waals surface area contributed by atoms with Crippen molar-refractivity contribution < 1.29 is 4.39 Å². The van der Waals surface area contributed by atoms with E-state index in [1.165, 1.54) is 17.7 Å². The lowest BCUT2D eigenvalue weighted by Crippen LogP contribution is -1.83. The molecule has 96 valence electrons. The topological polar surface area (TPSA) is 0 Å². The van der Waals surface area contributed by atoms with Crippen LogP contribution in [0.5, 0.6) is 0 Å². The Labute approximate surface area is 113 Å². The van der Waals surface area contributed by atoms with E-state index in [-0.39, 0.29) is 5.82 Å². The van der Waals surface area contributed by atoms with E-state index < -0.39 is 0 Å². The Morgan fingerprint density at radius 3 is 2.00 bits per heavy atom. The van der Waals surface area contributed by atoms with Crippen molar-refractivity contribution in [3.63, 3.8) is 0 Å². The first-order valence-electron chi connectivity index (χ1n) is 6.40. The summed E-state index contributed by atoms with van der Waals surface area (Å²) in [5.41, 5.74) is 3.42. The van der Waals surface area contributed by atoms with Gasteiger partial charge in [-0.3, -0.25) is 0 Å². The fourth-order valence-electron chi connectivity index (χ4n) is 1.89. The Morgan fingerprint density at radius 2 is 1.42 bits per heavy atom. The molecule has 0 atom stereocenters. The van der Waals surface area contributed by atoms with Crippen molar-refractivity contribution in [2.45, 2.75) is 12.8 Å². The van der Waals surface area contributed by atoms with Crippen LogP contribution in [0.25, 0.3) is 11.1 Å². The maximum atomic E-state index is 12.9. The summed E-state index contributed by atoms with van der Waals surface area (Å²) in [7, 11) is 0. The van der Waals surface area contributed by atoms with Gasteiger partial charge in [0.1, 0.15) is 5.82 Å². The quantitative estimate of drug-likeness (QED) is 0.644. The molecule has 0 aliphatic heterocycles. The Bertz CT molecular complexity index is 547. The van der Waals surface area contributed by atoms with Gasteiger partial charge in [-0.1, -0.05) is 54.6 Å². The maximum absolute atomic E-state index is 12.9. The molecular weight excluding hydrogens is 235 g/mol. The van der Waals surface area contributed by atoms with Gasteiger partial charge in [-0.25, -0.2) is 4.39 Å². The molecule has 0 saturated heterocycles. The van der Waals surface area contributed by atoms with Gasteiger partial charge in [0.05, 0.1) is 0 Å². The number of rotatable bonds is 5. The molecule has 2 aromatic rings. The number of hydrogen-bond donors (Lipinski definition) is 0. The van der Waals surface area contributed by atoms with E-state index in [2.05, 4.69) is 43.0 Å². The molecule has 1 heteroatoms. The molecule has 0 bridgehead atoms. The molecule has 0 saturated carbocycles. The summed E-state index contributed by atoms with van der Waals surface area (Å²) < 4.78 is 12.9. The zero-order valence-electron chi connectivity index (χ0n) is 10.9. The maximum Gasteiger partial charge on any atom is 0.123 e. The molecule has 2 rings (SSSR count). The number of hydrogen-bond acceptors (Lipinski definition) is 0. The highest BCUT2D eigenvalue weighted by Gasteiger charge is 1.98. The summed E-state index contributed by atoms with van der Waals surface area (Å²) in [5, 5.41) is 0. The van der Waals surface area contributed by atoms with Gasteiger partial charge in [-0.05, 0) is 41.7 Å². The minimum atomic E-state index is -0.201. The highest BCUT2D eigenvalue weighted by atomic mass is 19.1. The molecule has 0 fully saturated rings. The minimum absolute atomic E-state index is 0.201. The Morgan fingerprint density at radius 1 is 0.842 bits per heavy atom. The summed E-state index contributed by atoms with van der Waals surface area (Å²) in [6.45, 7) is 3.68. The van der Waals surface area contributed by atoms with Gasteiger partial charge in [0.2, 0.25) is 0 Å². The Hall–Kier alpha value is -2.15. The first-order chi connectivity index (χ1) is 9.29. The SMILES string of the molecule is C=CCC=CCc1ccc(-c2ccc(F)cc2)cc1. The number of halogens is 1. The molecule has 0 spiro atoms. The van der Waals surface area contributed by atoms with Crippen molar-refractivity contribution in [2.24, 2.45) is 0 Å². The van der Waals surface area contributed by atoms with Gasteiger partial charge in [0.15, 0.2) is 0 Å². The largest absolute Gasteiger partial charge is 0.207 e. The molecule has 0 heterocycles. The average Bonchev–Trinajstić information content (AvgIpc) is 2.45. The van der Waals surface area contributed by atoms with E-state index in [1.807, 2.05) is 6.08 Å². The standard InChI is InChI=1S/C18H17F/c1-2-3-4-5-6-15-7-9-16(10-8-15)17-11-13-18(19)14-12-17/h2,4-5,7-14H,1,3,6H2. The molecule has 0 amide bonds. The summed E-state index contributed by atoms with van der Waals surface area (Å²) in [4.78, 5) is 0. The van der Waals surface area contributed by atoms with Crippen molar-refractivity contribution >= 4 is 0 Å². The van der Waals surface area contributed by atoms with Crippen LogP contribution >= 0.6 is 0 Å². The highest BCUT2D eigenvalue weighted by Crippen LogP contribution is 2.20. The summed E-state index contributed by atoms with van der Waals surface area (Å²) in [6.07, 6.45) is 7.98. The second kappa shape index (κ2) is 6.69. The van der Waals surface area contributed by atoms with Crippen LogP contribution in [0.15, 0.2) is 73.3 Å². The van der Waals surface area contributed by atoms with E-state index in [0.29, 0.717) is 0 Å². The second-order valence-corrected chi connectivity index (χ2v) is 4.40. The molecule has 0 aromatic heterocycles. The molecule has 0 nitrogen and oxygen atoms in total. The van der Waals surface area contributed by atoms with Gasteiger partial charge in [0, 0.05) is 0 Å². The first kappa shape index (κ1) is 13.3. The monoisotopic (exact) mass is 252 g/mol. The third-order valence-electron chi connectivity index (χ3n) is 2.95. The van der Waals surface area contributed by atoms with Gasteiger partial charge in [-0.2, -0.15) is 0 Å². The van der Waals surface area contributed by atoms with Crippen molar-refractivity contribution in [1.82, 2.24) is 0 Å². The third-order valence-corrected chi connectivity index (χ3v) is 2.95. The lowest BCUT2D eigenvalue weighted by Gasteiger charge is -2.03. The predicted octanol–water partition coefficient (Wildman–Crippen LogP) is 5.17. The van der Waals surface area contributed by atoms with Crippen LogP contribution < -0.4 is 0 Å². The van der Waals surface area contributed by atoms with Crippen LogP contribution in [0.1, 0.15) is 12.0 Å². The lowest BCUT2D eigenvalue weighted by molar-refractivity contribution is 0.628. The Balaban J connectivity index is 2.05. The molecule has 0 aliphatic rings. The lowest BCUT2D eigenvalue weighted by atomic mass is 10.0. The summed E-state index contributed by atoms with van der Waals surface area (Å²) in [5.74, 6) is -0.201. The van der Waals surface area contributed by atoms with Crippen molar-refractivity contribution in [3.05, 3.63) is 84.7 Å². The van der Waals surface area contributed by atoms with Gasteiger partial charge >= 0.3 is 0 Å². The minimum Gasteiger partial charge on any atom is -0.207 e. The molecule has 0 unspecified atom stereocenters. The molecule has 0 radical (unpaired) electrons. The second-order valence-electron chi connectivity index (χ2n) is 4.40. The fraction of sp³-hybridized carbons (Fsp3) is 0.111. The van der Waals surface area contributed by atoms with E-state index in [4.69, 9.17) is 0 Å². The zero-order chi connectivity index (χ0) is 13.5. The van der Waals surface area contributed by atoms with Crippen molar-refractivity contribution in [3.8, 4) is 11.1 Å². The zero-order valence-corrected chi connectivity index (χ0v) is 10.9. The van der Waals surface area contributed by atoms with Gasteiger partial charge < -0.3 is 0 Å². The van der Waals surface area contributed by atoms with Crippen molar-refractivity contribution in [2.75, 3.05) is 0 Å². The van der Waals surface area contributed by atoms with Gasteiger partial charge in [0.25, 0.3) is 0 Å². The van der Waals surface area contributed by atoms with E-state index in [1.54, 1.807) is 12.1 Å². The van der Waals surface area contributed by atoms with E-state index in [0.717, 1.165) is 24.0 Å². The molecule has 19 heavy (non-hydrogen) atoms. The van der Waals surface area contributed by atoms with E-state index >= 15 is 0 Å². The third kappa shape index (κ3) is 3.92. The molecule has 0 N–H and O–H groups in total. The van der Waals surface area contributed by atoms with Crippen molar-refractivity contribution in [1.29, 1.82) is 0 Å². The molecule has 0 aliphatic carbocycles.